The predicted octanol–water partition coefficient (Wildman–Crippen LogP) is 2.78. The Bertz CT molecular complexity index is 967. The summed E-state index contributed by atoms with van der Waals surface area (Å²) in [7, 11) is 5.76. The number of carbonyl (C=O) groups excluding carboxylic acids is 2. The number of rotatable bonds is 5. The molecule has 6 nitrogen and oxygen atoms in total. The molecule has 164 valence electrons. The highest BCUT2D eigenvalue weighted by atomic mass is 16.5. The molecule has 0 saturated carbocycles. The van der Waals surface area contributed by atoms with E-state index in [1.54, 1.807) is 7.11 Å². The third-order valence-corrected chi connectivity index (χ3v) is 6.67. The van der Waals surface area contributed by atoms with Crippen LogP contribution in [0.1, 0.15) is 26.3 Å². The third kappa shape index (κ3) is 4.04. The van der Waals surface area contributed by atoms with Gasteiger partial charge in [-0.2, -0.15) is 0 Å². The minimum atomic E-state index is -0.0370. The average molecular weight is 422 g/mol. The number of aryl methyl sites for hydroxylation is 1. The SMILES string of the molecule is COc1ccc(C(=O)N2CC3(CN(C(=O)c4ccccc4)CC3CN(C)C)C2)c(C)c1. The average Bonchev–Trinajstić information content (AvgIpc) is 3.11. The minimum absolute atomic E-state index is 0.0370. The van der Waals surface area contributed by atoms with Gasteiger partial charge >= 0.3 is 0 Å². The Morgan fingerprint density at radius 1 is 1.03 bits per heavy atom. The van der Waals surface area contributed by atoms with Crippen molar-refractivity contribution in [1.82, 2.24) is 14.7 Å². The summed E-state index contributed by atoms with van der Waals surface area (Å²) in [4.78, 5) is 32.3. The van der Waals surface area contributed by atoms with E-state index in [1.165, 1.54) is 0 Å². The quantitative estimate of drug-likeness (QED) is 0.745. The van der Waals surface area contributed by atoms with Gasteiger partial charge in [0.1, 0.15) is 5.75 Å². The number of hydrogen-bond acceptors (Lipinski definition) is 4. The highest BCUT2D eigenvalue weighted by Gasteiger charge is 2.56. The first-order valence-corrected chi connectivity index (χ1v) is 10.8. The molecule has 31 heavy (non-hydrogen) atoms. The first-order valence-electron chi connectivity index (χ1n) is 10.8. The normalized spacial score (nSPS) is 19.6. The van der Waals surface area contributed by atoms with Crippen molar-refractivity contribution >= 4 is 11.8 Å². The van der Waals surface area contributed by atoms with Crippen LogP contribution in [0.3, 0.4) is 0 Å². The highest BCUT2D eigenvalue weighted by Crippen LogP contribution is 2.45. The second-order valence-electron chi connectivity index (χ2n) is 9.22. The van der Waals surface area contributed by atoms with Gasteiger partial charge in [0.15, 0.2) is 0 Å². The van der Waals surface area contributed by atoms with Crippen molar-refractivity contribution in [2.45, 2.75) is 6.92 Å². The Balaban J connectivity index is 1.50. The van der Waals surface area contributed by atoms with Gasteiger partial charge in [0.05, 0.1) is 7.11 Å². The molecule has 2 aromatic carbocycles. The number of amides is 2. The fourth-order valence-corrected chi connectivity index (χ4v) is 5.03. The van der Waals surface area contributed by atoms with Gasteiger partial charge in [0.2, 0.25) is 0 Å². The van der Waals surface area contributed by atoms with Crippen LogP contribution >= 0.6 is 0 Å². The number of methoxy groups -OCH3 is 1. The maximum Gasteiger partial charge on any atom is 0.254 e. The van der Waals surface area contributed by atoms with E-state index in [0.717, 1.165) is 35.5 Å². The lowest BCUT2D eigenvalue weighted by atomic mass is 9.71. The molecular formula is C25H31N3O3. The van der Waals surface area contributed by atoms with Gasteiger partial charge < -0.3 is 19.4 Å². The van der Waals surface area contributed by atoms with Crippen molar-refractivity contribution in [3.63, 3.8) is 0 Å². The van der Waals surface area contributed by atoms with Gasteiger partial charge in [-0.25, -0.2) is 0 Å². The summed E-state index contributed by atoms with van der Waals surface area (Å²) in [5, 5.41) is 0. The molecule has 1 atom stereocenters. The first-order chi connectivity index (χ1) is 14.8. The van der Waals surface area contributed by atoms with E-state index in [0.29, 0.717) is 25.6 Å². The van der Waals surface area contributed by atoms with Crippen molar-refractivity contribution < 1.29 is 14.3 Å². The van der Waals surface area contributed by atoms with E-state index in [9.17, 15) is 9.59 Å². The number of likely N-dealkylation sites (tertiary alicyclic amines) is 2. The van der Waals surface area contributed by atoms with Crippen molar-refractivity contribution in [3.05, 3.63) is 65.2 Å². The van der Waals surface area contributed by atoms with Crippen molar-refractivity contribution in [2.24, 2.45) is 11.3 Å². The molecule has 6 heteroatoms. The van der Waals surface area contributed by atoms with E-state index in [2.05, 4.69) is 19.0 Å². The van der Waals surface area contributed by atoms with Gasteiger partial charge in [-0.15, -0.1) is 0 Å². The van der Waals surface area contributed by atoms with Gasteiger partial charge in [-0.05, 0) is 62.8 Å². The van der Waals surface area contributed by atoms with Gasteiger partial charge in [0, 0.05) is 49.3 Å². The molecule has 2 saturated heterocycles. The Kier molecular flexibility index (Phi) is 5.75. The smallest absolute Gasteiger partial charge is 0.254 e. The standard InChI is InChI=1S/C25H31N3O3/c1-18-12-21(31-4)10-11-22(18)24(30)28-16-25(17-28)15-27(14-20(25)13-26(2)3)23(29)19-8-6-5-7-9-19/h5-12,20H,13-17H2,1-4H3. The molecule has 1 unspecified atom stereocenters. The Morgan fingerprint density at radius 3 is 2.32 bits per heavy atom. The lowest BCUT2D eigenvalue weighted by Gasteiger charge is -2.51. The summed E-state index contributed by atoms with van der Waals surface area (Å²) in [6, 6.07) is 15.0. The van der Waals surface area contributed by atoms with E-state index in [1.807, 2.05) is 65.3 Å². The van der Waals surface area contributed by atoms with Gasteiger partial charge in [-0.1, -0.05) is 18.2 Å². The molecule has 4 rings (SSSR count). The molecule has 1 spiro atoms. The van der Waals surface area contributed by atoms with E-state index in [-0.39, 0.29) is 17.2 Å². The molecule has 0 aliphatic carbocycles. The largest absolute Gasteiger partial charge is 0.497 e. The highest BCUT2D eigenvalue weighted by molar-refractivity contribution is 5.97. The van der Waals surface area contributed by atoms with E-state index >= 15 is 0 Å². The first kappa shape index (κ1) is 21.4. The fourth-order valence-electron chi connectivity index (χ4n) is 5.03. The second-order valence-corrected chi connectivity index (χ2v) is 9.22. The number of hydrogen-bond donors (Lipinski definition) is 0. The lowest BCUT2D eigenvalue weighted by molar-refractivity contribution is -0.0148. The zero-order valence-corrected chi connectivity index (χ0v) is 18.8. The summed E-state index contributed by atoms with van der Waals surface area (Å²) >= 11 is 0. The van der Waals surface area contributed by atoms with Gasteiger partial charge in [-0.3, -0.25) is 9.59 Å². The zero-order valence-electron chi connectivity index (χ0n) is 18.8. The molecule has 2 aromatic rings. The molecule has 0 aromatic heterocycles. The number of carbonyl (C=O) groups is 2. The monoisotopic (exact) mass is 421 g/mol. The Morgan fingerprint density at radius 2 is 1.71 bits per heavy atom. The van der Waals surface area contributed by atoms with Crippen LogP contribution in [0.4, 0.5) is 0 Å². The van der Waals surface area contributed by atoms with Crippen LogP contribution in [0, 0.1) is 18.3 Å². The summed E-state index contributed by atoms with van der Waals surface area (Å²) in [6.45, 7) is 5.65. The van der Waals surface area contributed by atoms with Crippen LogP contribution in [0.2, 0.25) is 0 Å². The number of benzene rings is 2. The Hall–Kier alpha value is -2.86. The molecule has 2 aliphatic rings. The van der Waals surface area contributed by atoms with Crippen molar-refractivity contribution in [1.29, 1.82) is 0 Å². The zero-order chi connectivity index (χ0) is 22.2. The summed E-state index contributed by atoms with van der Waals surface area (Å²) < 4.78 is 5.26. The van der Waals surface area contributed by atoms with Crippen LogP contribution in [0.25, 0.3) is 0 Å². The van der Waals surface area contributed by atoms with Crippen LogP contribution < -0.4 is 4.74 Å². The van der Waals surface area contributed by atoms with Crippen LogP contribution in [0.5, 0.6) is 5.75 Å². The third-order valence-electron chi connectivity index (χ3n) is 6.67. The van der Waals surface area contributed by atoms with Crippen LogP contribution in [-0.2, 0) is 0 Å². The minimum Gasteiger partial charge on any atom is -0.497 e. The fraction of sp³-hybridized carbons (Fsp3) is 0.440. The summed E-state index contributed by atoms with van der Waals surface area (Å²) in [6.07, 6.45) is 0. The van der Waals surface area contributed by atoms with Crippen LogP contribution in [-0.4, -0.2) is 80.4 Å². The molecular weight excluding hydrogens is 390 g/mol. The van der Waals surface area contributed by atoms with Crippen molar-refractivity contribution in [2.75, 3.05) is 53.9 Å². The van der Waals surface area contributed by atoms with E-state index in [4.69, 9.17) is 4.74 Å². The number of ether oxygens (including phenoxy) is 1. The molecule has 0 N–H and O–H groups in total. The molecule has 2 aliphatic heterocycles. The van der Waals surface area contributed by atoms with E-state index < -0.39 is 0 Å². The molecule has 0 bridgehead atoms. The summed E-state index contributed by atoms with van der Waals surface area (Å²) in [5.74, 6) is 1.24. The second kappa shape index (κ2) is 8.35. The lowest BCUT2D eigenvalue weighted by Crippen LogP contribution is -2.63. The molecule has 2 fully saturated rings. The predicted molar refractivity (Wildman–Crippen MR) is 120 cm³/mol. The molecule has 2 amide bonds. The Labute approximate surface area is 184 Å². The number of nitrogens with zero attached hydrogens (tertiary/aromatic N) is 3. The van der Waals surface area contributed by atoms with Crippen LogP contribution in [0.15, 0.2) is 48.5 Å². The summed E-state index contributed by atoms with van der Waals surface area (Å²) in [5.41, 5.74) is 2.33. The van der Waals surface area contributed by atoms with Gasteiger partial charge in [0.25, 0.3) is 11.8 Å². The molecule has 0 radical (unpaired) electrons. The maximum atomic E-state index is 13.1. The molecule has 2 heterocycles. The maximum absolute atomic E-state index is 13.1. The van der Waals surface area contributed by atoms with Crippen molar-refractivity contribution in [3.8, 4) is 5.75 Å². The topological polar surface area (TPSA) is 53.1 Å².